The summed E-state index contributed by atoms with van der Waals surface area (Å²) in [6.45, 7) is 8.62. The van der Waals surface area contributed by atoms with E-state index < -0.39 is 0 Å². The first-order valence-corrected chi connectivity index (χ1v) is 12.8. The Morgan fingerprint density at radius 1 is 0.914 bits per heavy atom. The third-order valence-electron chi connectivity index (χ3n) is 7.40. The number of likely N-dealkylation sites (tertiary alicyclic amines) is 1. The Balaban J connectivity index is 1.31. The van der Waals surface area contributed by atoms with E-state index >= 15 is 0 Å². The number of ether oxygens (including phenoxy) is 1. The molecule has 4 heterocycles. The normalized spacial score (nSPS) is 17.8. The van der Waals surface area contributed by atoms with Gasteiger partial charge in [0, 0.05) is 38.3 Å². The van der Waals surface area contributed by atoms with Crippen LogP contribution in [0.5, 0.6) is 0 Å². The van der Waals surface area contributed by atoms with E-state index in [9.17, 15) is 0 Å². The van der Waals surface area contributed by atoms with Gasteiger partial charge in [0.25, 0.3) is 0 Å². The highest BCUT2D eigenvalue weighted by molar-refractivity contribution is 5.92. The Hall–Kier alpha value is -3.22. The van der Waals surface area contributed by atoms with E-state index in [1.54, 1.807) is 0 Å². The smallest absolute Gasteiger partial charge is 0.160 e. The van der Waals surface area contributed by atoms with Crippen molar-refractivity contribution in [3.8, 4) is 11.3 Å². The van der Waals surface area contributed by atoms with E-state index in [1.165, 1.54) is 16.8 Å². The van der Waals surface area contributed by atoms with Crippen LogP contribution in [0, 0.1) is 6.92 Å². The van der Waals surface area contributed by atoms with Crippen molar-refractivity contribution in [2.75, 3.05) is 44.3 Å². The fourth-order valence-electron chi connectivity index (χ4n) is 5.37. The third-order valence-corrected chi connectivity index (χ3v) is 7.40. The van der Waals surface area contributed by atoms with Crippen LogP contribution >= 0.6 is 0 Å². The fraction of sp³-hybridized carbons (Fsp3) is 0.379. The van der Waals surface area contributed by atoms with Gasteiger partial charge in [-0.1, -0.05) is 60.2 Å². The van der Waals surface area contributed by atoms with E-state index in [2.05, 4.69) is 82.1 Å². The first kappa shape index (κ1) is 22.3. The molecule has 2 aliphatic heterocycles. The molecule has 0 saturated carbocycles. The third kappa shape index (κ3) is 4.68. The van der Waals surface area contributed by atoms with Gasteiger partial charge >= 0.3 is 0 Å². The van der Waals surface area contributed by atoms with Gasteiger partial charge in [0.15, 0.2) is 5.65 Å². The van der Waals surface area contributed by atoms with Gasteiger partial charge in [-0.3, -0.25) is 4.90 Å². The van der Waals surface area contributed by atoms with Gasteiger partial charge in [-0.15, -0.1) is 0 Å². The Bertz CT molecular complexity index is 1270. The van der Waals surface area contributed by atoms with Crippen LogP contribution in [0.25, 0.3) is 22.3 Å². The lowest BCUT2D eigenvalue weighted by Gasteiger charge is -2.32. The Kier molecular flexibility index (Phi) is 6.23. The number of hydrogen-bond donors (Lipinski definition) is 0. The van der Waals surface area contributed by atoms with Gasteiger partial charge in [-0.25, -0.2) is 9.67 Å². The number of aryl methyl sites for hydroxylation is 1. The van der Waals surface area contributed by atoms with Gasteiger partial charge in [-0.2, -0.15) is 5.10 Å². The lowest BCUT2D eigenvalue weighted by molar-refractivity contribution is 0.123. The first-order chi connectivity index (χ1) is 17.2. The molecule has 2 fully saturated rings. The van der Waals surface area contributed by atoms with Gasteiger partial charge in [-0.05, 0) is 31.4 Å². The number of nitrogens with zero attached hydrogens (tertiary/aromatic N) is 5. The summed E-state index contributed by atoms with van der Waals surface area (Å²) in [5.41, 5.74) is 7.04. The largest absolute Gasteiger partial charge is 0.378 e. The summed E-state index contributed by atoms with van der Waals surface area (Å²) < 4.78 is 7.84. The quantitative estimate of drug-likeness (QED) is 0.410. The fourth-order valence-corrected chi connectivity index (χ4v) is 5.37. The van der Waals surface area contributed by atoms with Crippen molar-refractivity contribution in [3.05, 3.63) is 78.0 Å². The van der Waals surface area contributed by atoms with Gasteiger partial charge < -0.3 is 9.64 Å². The zero-order chi connectivity index (χ0) is 23.6. The van der Waals surface area contributed by atoms with Gasteiger partial charge in [0.1, 0.15) is 0 Å². The molecule has 2 aromatic carbocycles. The molecule has 0 radical (unpaired) electrons. The number of fused-ring (bicyclic) bond motifs is 1. The molecule has 0 bridgehead atoms. The maximum Gasteiger partial charge on any atom is 0.160 e. The van der Waals surface area contributed by atoms with Gasteiger partial charge in [0.2, 0.25) is 0 Å². The Labute approximate surface area is 207 Å². The molecular formula is C29H33N5O. The summed E-state index contributed by atoms with van der Waals surface area (Å²) in [4.78, 5) is 10.2. The number of hydrogen-bond acceptors (Lipinski definition) is 5. The molecule has 0 amide bonds. The zero-order valence-corrected chi connectivity index (χ0v) is 20.4. The number of benzene rings is 2. The second-order valence-electron chi connectivity index (χ2n) is 9.81. The molecule has 2 aliphatic rings. The van der Waals surface area contributed by atoms with Crippen molar-refractivity contribution in [2.45, 2.75) is 32.4 Å². The molecule has 6 rings (SSSR count). The summed E-state index contributed by atoms with van der Waals surface area (Å²) in [5, 5.41) is 6.06. The van der Waals surface area contributed by atoms with Crippen LogP contribution in [0.2, 0.25) is 0 Å². The van der Waals surface area contributed by atoms with Crippen LogP contribution < -0.4 is 4.90 Å². The van der Waals surface area contributed by atoms with Crippen LogP contribution in [0.1, 0.15) is 30.0 Å². The minimum absolute atomic E-state index is 0.373. The summed E-state index contributed by atoms with van der Waals surface area (Å²) in [5.74, 6) is 0. The highest BCUT2D eigenvalue weighted by Crippen LogP contribution is 2.34. The van der Waals surface area contributed by atoms with E-state index in [0.717, 1.165) is 81.1 Å². The number of anilines is 1. The summed E-state index contributed by atoms with van der Waals surface area (Å²) in [7, 11) is 0. The summed E-state index contributed by atoms with van der Waals surface area (Å²) >= 11 is 0. The number of pyridine rings is 1. The van der Waals surface area contributed by atoms with Crippen molar-refractivity contribution in [3.63, 3.8) is 0 Å². The van der Waals surface area contributed by atoms with Crippen molar-refractivity contribution < 1.29 is 4.74 Å². The highest BCUT2D eigenvalue weighted by atomic mass is 16.5. The second kappa shape index (κ2) is 9.80. The van der Waals surface area contributed by atoms with Crippen molar-refractivity contribution in [1.82, 2.24) is 19.7 Å². The molecule has 180 valence electrons. The molecular weight excluding hydrogens is 434 g/mol. The lowest BCUT2D eigenvalue weighted by atomic mass is 10.0. The standard InChI is InChI=1S/C29H33N5O/c1-22-7-9-24(10-8-22)27-19-28(33-15-17-35-18-16-33)26-20-30-34(29(26)31-27)25-11-13-32(14-12-25)21-23-5-3-2-4-6-23/h2-10,19-20,25H,11-18,21H2,1H3. The minimum Gasteiger partial charge on any atom is -0.378 e. The molecule has 0 aliphatic carbocycles. The molecule has 35 heavy (non-hydrogen) atoms. The Morgan fingerprint density at radius 2 is 1.66 bits per heavy atom. The maximum atomic E-state index is 5.63. The molecule has 0 unspecified atom stereocenters. The molecule has 0 spiro atoms. The predicted molar refractivity (Wildman–Crippen MR) is 141 cm³/mol. The summed E-state index contributed by atoms with van der Waals surface area (Å²) in [6, 6.07) is 22.1. The number of morpholine rings is 1. The monoisotopic (exact) mass is 467 g/mol. The topological polar surface area (TPSA) is 46.4 Å². The van der Waals surface area contributed by atoms with Crippen LogP contribution in [0.3, 0.4) is 0 Å². The summed E-state index contributed by atoms with van der Waals surface area (Å²) in [6.07, 6.45) is 4.21. The Morgan fingerprint density at radius 3 is 2.40 bits per heavy atom. The van der Waals surface area contributed by atoms with Crippen molar-refractivity contribution in [2.24, 2.45) is 0 Å². The maximum absolute atomic E-state index is 5.63. The van der Waals surface area contributed by atoms with Crippen molar-refractivity contribution in [1.29, 1.82) is 0 Å². The molecule has 4 aromatic rings. The molecule has 6 heteroatoms. The lowest BCUT2D eigenvalue weighted by Crippen LogP contribution is -2.36. The number of rotatable bonds is 5. The zero-order valence-electron chi connectivity index (χ0n) is 20.4. The molecule has 6 nitrogen and oxygen atoms in total. The van der Waals surface area contributed by atoms with E-state index in [1.807, 2.05) is 6.20 Å². The average Bonchev–Trinajstić information content (AvgIpc) is 3.34. The predicted octanol–water partition coefficient (Wildman–Crippen LogP) is 5.08. The van der Waals surface area contributed by atoms with Crippen LogP contribution in [0.4, 0.5) is 5.69 Å². The van der Waals surface area contributed by atoms with Crippen LogP contribution in [0.15, 0.2) is 66.9 Å². The highest BCUT2D eigenvalue weighted by Gasteiger charge is 2.25. The second-order valence-corrected chi connectivity index (χ2v) is 9.81. The SMILES string of the molecule is Cc1ccc(-c2cc(N3CCOCC3)c3cnn(C4CCN(Cc5ccccc5)CC4)c3n2)cc1. The van der Waals surface area contributed by atoms with E-state index in [-0.39, 0.29) is 0 Å². The van der Waals surface area contributed by atoms with E-state index in [0.29, 0.717) is 6.04 Å². The minimum atomic E-state index is 0.373. The molecule has 2 saturated heterocycles. The van der Waals surface area contributed by atoms with Crippen LogP contribution in [-0.2, 0) is 11.3 Å². The molecule has 2 aromatic heterocycles. The average molecular weight is 468 g/mol. The molecule has 0 atom stereocenters. The van der Waals surface area contributed by atoms with Crippen LogP contribution in [-0.4, -0.2) is 59.1 Å². The number of piperidine rings is 1. The first-order valence-electron chi connectivity index (χ1n) is 12.8. The van der Waals surface area contributed by atoms with E-state index in [4.69, 9.17) is 14.8 Å². The van der Waals surface area contributed by atoms with Gasteiger partial charge in [0.05, 0.1) is 42.2 Å². The number of aromatic nitrogens is 3. The molecule has 0 N–H and O–H groups in total. The van der Waals surface area contributed by atoms with Crippen molar-refractivity contribution >= 4 is 16.7 Å².